The van der Waals surface area contributed by atoms with E-state index in [1.165, 1.54) is 0 Å². The predicted octanol–water partition coefficient (Wildman–Crippen LogP) is 1.91. The van der Waals surface area contributed by atoms with E-state index in [0.29, 0.717) is 13.0 Å². The van der Waals surface area contributed by atoms with Crippen LogP contribution in [0.15, 0.2) is 0 Å². The zero-order valence-electron chi connectivity index (χ0n) is 11.8. The lowest BCUT2D eigenvalue weighted by Crippen LogP contribution is -2.41. The summed E-state index contributed by atoms with van der Waals surface area (Å²) in [5, 5.41) is 2.81. The molecule has 0 aromatic rings. The molecule has 1 atom stereocenters. The Balaban J connectivity index is 2.34. The van der Waals surface area contributed by atoms with E-state index in [4.69, 9.17) is 4.74 Å². The third kappa shape index (κ3) is 4.94. The van der Waals surface area contributed by atoms with Crippen molar-refractivity contribution in [3.05, 3.63) is 0 Å². The maximum atomic E-state index is 11.7. The molecule has 0 spiro atoms. The van der Waals surface area contributed by atoms with Crippen molar-refractivity contribution in [3.8, 4) is 0 Å². The minimum Gasteiger partial charge on any atom is -0.444 e. The van der Waals surface area contributed by atoms with Crippen molar-refractivity contribution in [3.63, 3.8) is 0 Å². The number of nitrogens with one attached hydrogen (secondary N) is 1. The minimum absolute atomic E-state index is 0.0145. The van der Waals surface area contributed by atoms with Gasteiger partial charge in [-0.3, -0.25) is 4.79 Å². The van der Waals surface area contributed by atoms with E-state index >= 15 is 0 Å². The van der Waals surface area contributed by atoms with E-state index in [2.05, 4.69) is 5.32 Å². The molecule has 0 aromatic heterocycles. The van der Waals surface area contributed by atoms with Crippen LogP contribution >= 0.6 is 0 Å². The van der Waals surface area contributed by atoms with Crippen molar-refractivity contribution < 1.29 is 14.3 Å². The van der Waals surface area contributed by atoms with Crippen LogP contribution < -0.4 is 5.32 Å². The number of rotatable bonds is 3. The van der Waals surface area contributed by atoms with Gasteiger partial charge in [0, 0.05) is 19.5 Å². The number of hydrogen-bond acceptors (Lipinski definition) is 3. The number of likely N-dealkylation sites (tertiary alicyclic amines) is 1. The highest BCUT2D eigenvalue weighted by molar-refractivity contribution is 5.76. The fraction of sp³-hybridized carbons (Fsp3) is 0.846. The molecule has 0 aliphatic carbocycles. The van der Waals surface area contributed by atoms with Gasteiger partial charge in [-0.05, 0) is 33.6 Å². The third-order valence-electron chi connectivity index (χ3n) is 2.73. The number of alkyl carbamates (subject to hydrolysis) is 1. The van der Waals surface area contributed by atoms with Crippen molar-refractivity contribution >= 4 is 12.0 Å². The topological polar surface area (TPSA) is 58.6 Å². The number of amides is 2. The lowest BCUT2D eigenvalue weighted by molar-refractivity contribution is -0.130. The molecule has 18 heavy (non-hydrogen) atoms. The summed E-state index contributed by atoms with van der Waals surface area (Å²) >= 11 is 0. The number of hydrogen-bond donors (Lipinski definition) is 1. The fourth-order valence-corrected chi connectivity index (χ4v) is 1.95. The number of nitrogens with zero attached hydrogens (tertiary/aromatic N) is 1. The Morgan fingerprint density at radius 2 is 2.06 bits per heavy atom. The van der Waals surface area contributed by atoms with Crippen LogP contribution in [0.25, 0.3) is 0 Å². The van der Waals surface area contributed by atoms with Gasteiger partial charge >= 0.3 is 6.09 Å². The molecule has 5 heteroatoms. The average molecular weight is 256 g/mol. The van der Waals surface area contributed by atoms with E-state index < -0.39 is 11.7 Å². The minimum atomic E-state index is -0.486. The van der Waals surface area contributed by atoms with Gasteiger partial charge in [0.1, 0.15) is 5.60 Å². The van der Waals surface area contributed by atoms with Gasteiger partial charge < -0.3 is 15.0 Å². The van der Waals surface area contributed by atoms with Gasteiger partial charge in [0.05, 0.1) is 6.04 Å². The highest BCUT2D eigenvalue weighted by Crippen LogP contribution is 2.13. The molecule has 1 N–H and O–H groups in total. The van der Waals surface area contributed by atoms with Crippen LogP contribution in [-0.4, -0.2) is 41.6 Å². The van der Waals surface area contributed by atoms with Crippen molar-refractivity contribution in [1.29, 1.82) is 0 Å². The normalized spacial score (nSPS) is 19.8. The first-order valence-electron chi connectivity index (χ1n) is 6.59. The van der Waals surface area contributed by atoms with Crippen LogP contribution in [0.2, 0.25) is 0 Å². The van der Waals surface area contributed by atoms with Crippen LogP contribution in [-0.2, 0) is 9.53 Å². The van der Waals surface area contributed by atoms with Crippen molar-refractivity contribution in [2.45, 2.75) is 58.6 Å². The quantitative estimate of drug-likeness (QED) is 0.839. The highest BCUT2D eigenvalue weighted by atomic mass is 16.6. The molecule has 0 unspecified atom stereocenters. The maximum absolute atomic E-state index is 11.7. The summed E-state index contributed by atoms with van der Waals surface area (Å²) in [7, 11) is 0. The molecule has 1 heterocycles. The summed E-state index contributed by atoms with van der Waals surface area (Å²) in [5.41, 5.74) is -0.486. The zero-order chi connectivity index (χ0) is 13.8. The Bertz CT molecular complexity index is 310. The van der Waals surface area contributed by atoms with Gasteiger partial charge in [0.15, 0.2) is 0 Å². The third-order valence-corrected chi connectivity index (χ3v) is 2.73. The van der Waals surface area contributed by atoms with Crippen molar-refractivity contribution in [2.75, 3.05) is 13.1 Å². The van der Waals surface area contributed by atoms with Gasteiger partial charge in [-0.2, -0.15) is 0 Å². The fourth-order valence-electron chi connectivity index (χ4n) is 1.95. The Labute approximate surface area is 109 Å². The molecular weight excluding hydrogens is 232 g/mol. The molecule has 5 nitrogen and oxygen atoms in total. The number of carbonyl (C=O) groups is 2. The van der Waals surface area contributed by atoms with Crippen LogP contribution in [0, 0.1) is 0 Å². The Morgan fingerprint density at radius 3 is 2.61 bits per heavy atom. The highest BCUT2D eigenvalue weighted by Gasteiger charge is 2.28. The smallest absolute Gasteiger partial charge is 0.407 e. The zero-order valence-corrected chi connectivity index (χ0v) is 11.8. The molecule has 1 rings (SSSR count). The second kappa shape index (κ2) is 6.07. The first-order valence-corrected chi connectivity index (χ1v) is 6.59. The van der Waals surface area contributed by atoms with Crippen LogP contribution in [0.5, 0.6) is 0 Å². The van der Waals surface area contributed by atoms with Gasteiger partial charge in [-0.15, -0.1) is 0 Å². The molecule has 0 radical (unpaired) electrons. The SMILES string of the molecule is CCCC(=O)N1CC[C@H](NC(=O)OC(C)(C)C)C1. The molecule has 1 aliphatic rings. The molecule has 1 fully saturated rings. The maximum Gasteiger partial charge on any atom is 0.407 e. The second-order valence-electron chi connectivity index (χ2n) is 5.72. The van der Waals surface area contributed by atoms with E-state index in [0.717, 1.165) is 19.4 Å². The lowest BCUT2D eigenvalue weighted by Gasteiger charge is -2.22. The van der Waals surface area contributed by atoms with Crippen molar-refractivity contribution in [1.82, 2.24) is 10.2 Å². The van der Waals surface area contributed by atoms with Crippen LogP contribution in [0.3, 0.4) is 0 Å². The molecule has 2 amide bonds. The molecule has 1 saturated heterocycles. The van der Waals surface area contributed by atoms with E-state index in [1.54, 1.807) is 0 Å². The van der Waals surface area contributed by atoms with Gasteiger partial charge in [-0.25, -0.2) is 4.79 Å². The predicted molar refractivity (Wildman–Crippen MR) is 69.3 cm³/mol. The second-order valence-corrected chi connectivity index (χ2v) is 5.72. The Kier molecular flexibility index (Phi) is 4.99. The van der Waals surface area contributed by atoms with Crippen LogP contribution in [0.4, 0.5) is 4.79 Å². The Hall–Kier alpha value is -1.26. The lowest BCUT2D eigenvalue weighted by atomic mass is 10.2. The first-order chi connectivity index (χ1) is 8.31. The van der Waals surface area contributed by atoms with Gasteiger partial charge in [-0.1, -0.05) is 6.92 Å². The largest absolute Gasteiger partial charge is 0.444 e. The average Bonchev–Trinajstić information content (AvgIpc) is 2.63. The summed E-state index contributed by atoms with van der Waals surface area (Å²) < 4.78 is 5.19. The Morgan fingerprint density at radius 1 is 1.39 bits per heavy atom. The molecule has 0 bridgehead atoms. The standard InChI is InChI=1S/C13H24N2O3/c1-5-6-11(16)15-8-7-10(9-15)14-12(17)18-13(2,3)4/h10H,5-9H2,1-4H3,(H,14,17)/t10-/m0/s1. The van der Waals surface area contributed by atoms with E-state index in [-0.39, 0.29) is 11.9 Å². The molecule has 104 valence electrons. The van der Waals surface area contributed by atoms with Crippen molar-refractivity contribution in [2.24, 2.45) is 0 Å². The van der Waals surface area contributed by atoms with E-state index in [1.807, 2.05) is 32.6 Å². The van der Waals surface area contributed by atoms with Gasteiger partial charge in [0.2, 0.25) is 5.91 Å². The summed E-state index contributed by atoms with van der Waals surface area (Å²) in [6.45, 7) is 8.80. The number of ether oxygens (including phenoxy) is 1. The summed E-state index contributed by atoms with van der Waals surface area (Å²) in [5.74, 6) is 0.172. The molecule has 0 aromatic carbocycles. The van der Waals surface area contributed by atoms with E-state index in [9.17, 15) is 9.59 Å². The van der Waals surface area contributed by atoms with Crippen LogP contribution in [0.1, 0.15) is 47.0 Å². The molecule has 1 aliphatic heterocycles. The summed E-state index contributed by atoms with van der Waals surface area (Å²) in [6.07, 6.45) is 1.84. The molecular formula is C13H24N2O3. The number of carbonyl (C=O) groups excluding carboxylic acids is 2. The van der Waals surface area contributed by atoms with Gasteiger partial charge in [0.25, 0.3) is 0 Å². The monoisotopic (exact) mass is 256 g/mol. The first kappa shape index (κ1) is 14.8. The summed E-state index contributed by atoms with van der Waals surface area (Å²) in [4.78, 5) is 25.1. The molecule has 0 saturated carbocycles. The summed E-state index contributed by atoms with van der Waals surface area (Å²) in [6, 6.07) is 0.0145.